The standard InChI is InChI=1S/C20H16FN7/c1-27-10-15(25-26-27)11-28-12-24-18(13-2-4-14(21)5-3-13)19(28)16-6-8-22-20-17(16)7-9-23-20/h2-10,12H,11H2,1H3,(H,22,23). The molecule has 8 heteroatoms. The van der Waals surface area contributed by atoms with E-state index in [2.05, 4.69) is 25.3 Å². The van der Waals surface area contributed by atoms with Crippen LogP contribution >= 0.6 is 0 Å². The third-order valence-corrected chi connectivity index (χ3v) is 4.65. The van der Waals surface area contributed by atoms with Crippen LogP contribution in [0.1, 0.15) is 5.69 Å². The Balaban J connectivity index is 1.72. The van der Waals surface area contributed by atoms with Gasteiger partial charge in [-0.2, -0.15) is 0 Å². The van der Waals surface area contributed by atoms with E-state index in [1.165, 1.54) is 12.1 Å². The first-order chi connectivity index (χ1) is 13.7. The zero-order valence-corrected chi connectivity index (χ0v) is 15.0. The lowest BCUT2D eigenvalue weighted by Crippen LogP contribution is -2.02. The Morgan fingerprint density at radius 1 is 1.07 bits per heavy atom. The largest absolute Gasteiger partial charge is 0.346 e. The molecule has 0 aliphatic heterocycles. The van der Waals surface area contributed by atoms with Gasteiger partial charge < -0.3 is 9.55 Å². The van der Waals surface area contributed by atoms with Gasteiger partial charge in [0.15, 0.2) is 0 Å². The molecule has 0 saturated carbocycles. The molecule has 0 atom stereocenters. The van der Waals surface area contributed by atoms with Crippen LogP contribution in [0.15, 0.2) is 61.3 Å². The van der Waals surface area contributed by atoms with Crippen LogP contribution in [0, 0.1) is 5.82 Å². The fourth-order valence-electron chi connectivity index (χ4n) is 3.41. The molecular weight excluding hydrogens is 357 g/mol. The minimum atomic E-state index is -0.277. The summed E-state index contributed by atoms with van der Waals surface area (Å²) >= 11 is 0. The van der Waals surface area contributed by atoms with Crippen molar-refractivity contribution >= 4 is 11.0 Å². The summed E-state index contributed by atoms with van der Waals surface area (Å²) in [7, 11) is 1.83. The fourth-order valence-corrected chi connectivity index (χ4v) is 3.41. The first kappa shape index (κ1) is 16.4. The predicted molar refractivity (Wildman–Crippen MR) is 103 cm³/mol. The first-order valence-corrected chi connectivity index (χ1v) is 8.78. The van der Waals surface area contributed by atoms with Gasteiger partial charge in [-0.1, -0.05) is 5.21 Å². The molecule has 138 valence electrons. The molecule has 0 bridgehead atoms. The van der Waals surface area contributed by atoms with Gasteiger partial charge in [0.25, 0.3) is 0 Å². The predicted octanol–water partition coefficient (Wildman–Crippen LogP) is 3.41. The van der Waals surface area contributed by atoms with Crippen molar-refractivity contribution in [1.82, 2.24) is 34.5 Å². The number of halogens is 1. The number of fused-ring (bicyclic) bond motifs is 1. The van der Waals surface area contributed by atoms with E-state index in [1.54, 1.807) is 29.3 Å². The van der Waals surface area contributed by atoms with Gasteiger partial charge in [0.1, 0.15) is 17.2 Å². The highest BCUT2D eigenvalue weighted by Crippen LogP contribution is 2.35. The van der Waals surface area contributed by atoms with Gasteiger partial charge in [0.2, 0.25) is 0 Å². The van der Waals surface area contributed by atoms with E-state index in [0.29, 0.717) is 6.54 Å². The average Bonchev–Trinajstić information content (AvgIpc) is 3.42. The maximum Gasteiger partial charge on any atom is 0.137 e. The Kier molecular flexibility index (Phi) is 3.75. The maximum atomic E-state index is 13.4. The minimum absolute atomic E-state index is 0.277. The number of nitrogens with one attached hydrogen (secondary N) is 1. The highest BCUT2D eigenvalue weighted by molar-refractivity contribution is 5.95. The number of benzene rings is 1. The van der Waals surface area contributed by atoms with E-state index in [-0.39, 0.29) is 5.82 Å². The fraction of sp³-hybridized carbons (Fsp3) is 0.100. The molecular formula is C20H16FN7. The molecule has 0 fully saturated rings. The molecule has 0 amide bonds. The summed E-state index contributed by atoms with van der Waals surface area (Å²) < 4.78 is 17.1. The van der Waals surface area contributed by atoms with Crippen molar-refractivity contribution in [3.05, 3.63) is 72.8 Å². The monoisotopic (exact) mass is 373 g/mol. The molecule has 5 aromatic rings. The summed E-state index contributed by atoms with van der Waals surface area (Å²) in [5, 5.41) is 9.19. The second kappa shape index (κ2) is 6.41. The van der Waals surface area contributed by atoms with Crippen molar-refractivity contribution in [2.45, 2.75) is 6.54 Å². The maximum absolute atomic E-state index is 13.4. The Hall–Kier alpha value is -3.81. The number of pyridine rings is 1. The van der Waals surface area contributed by atoms with Crippen molar-refractivity contribution in [2.24, 2.45) is 7.05 Å². The lowest BCUT2D eigenvalue weighted by atomic mass is 10.0. The number of aromatic amines is 1. The van der Waals surface area contributed by atoms with Crippen LogP contribution in [0.3, 0.4) is 0 Å². The second-order valence-corrected chi connectivity index (χ2v) is 6.56. The number of rotatable bonds is 4. The van der Waals surface area contributed by atoms with Crippen molar-refractivity contribution < 1.29 is 4.39 Å². The summed E-state index contributed by atoms with van der Waals surface area (Å²) in [6.07, 6.45) is 7.28. The average molecular weight is 373 g/mol. The number of nitrogens with zero attached hydrogens (tertiary/aromatic N) is 6. The van der Waals surface area contributed by atoms with Gasteiger partial charge in [-0.05, 0) is 36.4 Å². The van der Waals surface area contributed by atoms with Crippen LogP contribution in [0.4, 0.5) is 4.39 Å². The number of hydrogen-bond acceptors (Lipinski definition) is 4. The number of hydrogen-bond donors (Lipinski definition) is 1. The van der Waals surface area contributed by atoms with Crippen molar-refractivity contribution in [3.63, 3.8) is 0 Å². The molecule has 1 N–H and O–H groups in total. The molecule has 0 aliphatic rings. The molecule has 5 rings (SSSR count). The van der Waals surface area contributed by atoms with E-state index in [1.807, 2.05) is 36.1 Å². The van der Waals surface area contributed by atoms with E-state index in [4.69, 9.17) is 0 Å². The Labute approximate surface area is 159 Å². The normalized spacial score (nSPS) is 11.4. The van der Waals surface area contributed by atoms with Crippen molar-refractivity contribution in [2.75, 3.05) is 0 Å². The van der Waals surface area contributed by atoms with E-state index >= 15 is 0 Å². The molecule has 0 radical (unpaired) electrons. The van der Waals surface area contributed by atoms with Crippen molar-refractivity contribution in [3.8, 4) is 22.5 Å². The second-order valence-electron chi connectivity index (χ2n) is 6.56. The lowest BCUT2D eigenvalue weighted by Gasteiger charge is -2.11. The van der Waals surface area contributed by atoms with E-state index in [9.17, 15) is 4.39 Å². The number of H-pyrrole nitrogens is 1. The van der Waals surface area contributed by atoms with Gasteiger partial charge in [0, 0.05) is 42.2 Å². The third-order valence-electron chi connectivity index (χ3n) is 4.65. The summed E-state index contributed by atoms with van der Waals surface area (Å²) in [5.74, 6) is -0.277. The Morgan fingerprint density at radius 2 is 1.93 bits per heavy atom. The molecule has 7 nitrogen and oxygen atoms in total. The van der Waals surface area contributed by atoms with Gasteiger partial charge in [-0.25, -0.2) is 14.4 Å². The molecule has 28 heavy (non-hydrogen) atoms. The molecule has 4 heterocycles. The summed E-state index contributed by atoms with van der Waals surface area (Å²) in [6.45, 7) is 0.519. The van der Waals surface area contributed by atoms with Gasteiger partial charge in [-0.15, -0.1) is 5.10 Å². The smallest absolute Gasteiger partial charge is 0.137 e. The molecule has 0 unspecified atom stereocenters. The van der Waals surface area contributed by atoms with Crippen LogP contribution in [0.2, 0.25) is 0 Å². The lowest BCUT2D eigenvalue weighted by molar-refractivity contribution is 0.628. The van der Waals surface area contributed by atoms with Crippen LogP contribution in [-0.4, -0.2) is 34.5 Å². The van der Waals surface area contributed by atoms with Crippen LogP contribution < -0.4 is 0 Å². The van der Waals surface area contributed by atoms with Gasteiger partial charge in [-0.3, -0.25) is 4.68 Å². The molecule has 0 saturated heterocycles. The summed E-state index contributed by atoms with van der Waals surface area (Å²) in [6, 6.07) is 10.3. The number of aryl methyl sites for hydroxylation is 1. The topological polar surface area (TPSA) is 77.2 Å². The molecule has 4 aromatic heterocycles. The Morgan fingerprint density at radius 3 is 2.71 bits per heavy atom. The highest BCUT2D eigenvalue weighted by atomic mass is 19.1. The van der Waals surface area contributed by atoms with Crippen LogP contribution in [0.5, 0.6) is 0 Å². The zero-order chi connectivity index (χ0) is 19.1. The number of imidazole rings is 1. The Bertz CT molecular complexity index is 1260. The van der Waals surface area contributed by atoms with Gasteiger partial charge >= 0.3 is 0 Å². The third kappa shape index (κ3) is 2.75. The van der Waals surface area contributed by atoms with E-state index < -0.39 is 0 Å². The number of aromatic nitrogens is 7. The van der Waals surface area contributed by atoms with Crippen molar-refractivity contribution in [1.29, 1.82) is 0 Å². The van der Waals surface area contributed by atoms with Crippen LogP contribution in [0.25, 0.3) is 33.5 Å². The zero-order valence-electron chi connectivity index (χ0n) is 15.0. The van der Waals surface area contributed by atoms with Crippen LogP contribution in [-0.2, 0) is 13.6 Å². The molecule has 0 spiro atoms. The summed E-state index contributed by atoms with van der Waals surface area (Å²) in [5.41, 5.74) is 5.16. The van der Waals surface area contributed by atoms with E-state index in [0.717, 1.165) is 39.2 Å². The first-order valence-electron chi connectivity index (χ1n) is 8.78. The quantitative estimate of drug-likeness (QED) is 0.524. The van der Waals surface area contributed by atoms with Gasteiger partial charge in [0.05, 0.1) is 24.3 Å². The highest BCUT2D eigenvalue weighted by Gasteiger charge is 2.18. The molecule has 1 aromatic carbocycles. The molecule has 0 aliphatic carbocycles. The SMILES string of the molecule is Cn1cc(Cn2cnc(-c3ccc(F)cc3)c2-c2ccnc3[nH]ccc23)nn1. The minimum Gasteiger partial charge on any atom is -0.346 e. The summed E-state index contributed by atoms with van der Waals surface area (Å²) in [4.78, 5) is 12.2.